The number of carbonyl (C=O) groups is 2. The Hall–Kier alpha value is -3.07. The van der Waals surface area contributed by atoms with Crippen molar-refractivity contribution >= 4 is 27.5 Å². The molecule has 2 aromatic rings. The van der Waals surface area contributed by atoms with Crippen LogP contribution in [0.5, 0.6) is 5.75 Å². The van der Waals surface area contributed by atoms with E-state index in [1.807, 2.05) is 0 Å². The van der Waals surface area contributed by atoms with E-state index >= 15 is 0 Å². The van der Waals surface area contributed by atoms with Gasteiger partial charge in [-0.25, -0.2) is 8.42 Å². The molecule has 150 valence electrons. The number of anilines is 1. The van der Waals surface area contributed by atoms with Crippen molar-refractivity contribution in [2.75, 3.05) is 24.9 Å². The lowest BCUT2D eigenvalue weighted by Gasteiger charge is -2.14. The van der Waals surface area contributed by atoms with Gasteiger partial charge in [-0.2, -0.15) is 0 Å². The molecule has 0 saturated heterocycles. The maximum absolute atomic E-state index is 12.9. The number of amides is 2. The first-order valence-corrected chi connectivity index (χ1v) is 10.1. The van der Waals surface area contributed by atoms with Crippen LogP contribution in [0, 0.1) is 6.92 Å². The number of hydrogen-bond donors (Lipinski definition) is 3. The molecule has 9 heteroatoms. The number of methoxy groups -OCH3 is 1. The van der Waals surface area contributed by atoms with E-state index in [2.05, 4.69) is 15.4 Å². The molecular weight excluding hydrogens is 382 g/mol. The second kappa shape index (κ2) is 9.23. The van der Waals surface area contributed by atoms with Crippen LogP contribution in [-0.2, 0) is 14.8 Å². The maximum Gasteiger partial charge on any atom is 0.262 e. The van der Waals surface area contributed by atoms with Gasteiger partial charge in [0.05, 0.1) is 24.2 Å². The first kappa shape index (κ1) is 21.2. The molecular formula is C19H23N3O5S. The Labute approximate surface area is 164 Å². The average Bonchev–Trinajstić information content (AvgIpc) is 2.66. The summed E-state index contributed by atoms with van der Waals surface area (Å²) in [7, 11) is -2.52. The largest absolute Gasteiger partial charge is 0.495 e. The highest BCUT2D eigenvalue weighted by Crippen LogP contribution is 2.27. The first-order chi connectivity index (χ1) is 13.3. The number of para-hydroxylation sites is 2. The van der Waals surface area contributed by atoms with Gasteiger partial charge in [0.25, 0.3) is 15.9 Å². The molecule has 3 N–H and O–H groups in total. The van der Waals surface area contributed by atoms with Crippen LogP contribution in [0.2, 0.25) is 0 Å². The number of benzene rings is 2. The highest BCUT2D eigenvalue weighted by atomic mass is 32.2. The minimum absolute atomic E-state index is 0.0379. The van der Waals surface area contributed by atoms with Crippen LogP contribution in [-0.4, -0.2) is 40.4 Å². The molecule has 0 atom stereocenters. The highest BCUT2D eigenvalue weighted by Gasteiger charge is 2.21. The van der Waals surface area contributed by atoms with Gasteiger partial charge in [0, 0.05) is 12.1 Å². The van der Waals surface area contributed by atoms with E-state index in [-0.39, 0.29) is 28.6 Å². The van der Waals surface area contributed by atoms with E-state index in [4.69, 9.17) is 4.74 Å². The highest BCUT2D eigenvalue weighted by molar-refractivity contribution is 7.92. The fourth-order valence-corrected chi connectivity index (χ4v) is 3.82. The van der Waals surface area contributed by atoms with Crippen LogP contribution < -0.4 is 20.1 Å². The van der Waals surface area contributed by atoms with Crippen molar-refractivity contribution in [3.05, 3.63) is 53.6 Å². The van der Waals surface area contributed by atoms with E-state index in [1.54, 1.807) is 38.1 Å². The number of carbonyl (C=O) groups excluding carboxylic acids is 2. The molecule has 8 nitrogen and oxygen atoms in total. The predicted octanol–water partition coefficient (Wildman–Crippen LogP) is 1.67. The molecule has 0 aliphatic rings. The van der Waals surface area contributed by atoms with Crippen LogP contribution in [0.25, 0.3) is 0 Å². The van der Waals surface area contributed by atoms with E-state index in [9.17, 15) is 18.0 Å². The maximum atomic E-state index is 12.9. The topological polar surface area (TPSA) is 114 Å². The van der Waals surface area contributed by atoms with Gasteiger partial charge in [0.15, 0.2) is 0 Å². The molecule has 0 aromatic heterocycles. The molecule has 0 radical (unpaired) electrons. The normalized spacial score (nSPS) is 10.8. The number of nitrogens with one attached hydrogen (secondary N) is 3. The quantitative estimate of drug-likeness (QED) is 0.618. The van der Waals surface area contributed by atoms with Crippen molar-refractivity contribution in [2.45, 2.75) is 18.7 Å². The Kier molecular flexibility index (Phi) is 7.00. The standard InChI is InChI=1S/C19H23N3O5S/c1-4-20-18(23)12-21-19(24)14-10-9-13(2)17(11-14)28(25,26)22-15-7-5-6-8-16(15)27-3/h5-11,22H,4,12H2,1-3H3,(H,20,23)(H,21,24). The molecule has 28 heavy (non-hydrogen) atoms. The van der Waals surface area contributed by atoms with Crippen LogP contribution in [0.4, 0.5) is 5.69 Å². The third-order valence-electron chi connectivity index (χ3n) is 3.87. The van der Waals surface area contributed by atoms with E-state index in [0.717, 1.165) is 0 Å². The Morgan fingerprint density at radius 2 is 1.79 bits per heavy atom. The predicted molar refractivity (Wildman–Crippen MR) is 106 cm³/mol. The lowest BCUT2D eigenvalue weighted by atomic mass is 10.1. The molecule has 0 bridgehead atoms. The van der Waals surface area contributed by atoms with Gasteiger partial charge >= 0.3 is 0 Å². The molecule has 0 unspecified atom stereocenters. The Morgan fingerprint density at radius 3 is 2.46 bits per heavy atom. The summed E-state index contributed by atoms with van der Waals surface area (Å²) < 4.78 is 33.4. The summed E-state index contributed by atoms with van der Waals surface area (Å²) in [5, 5.41) is 5.03. The average molecular weight is 405 g/mol. The van der Waals surface area contributed by atoms with E-state index in [1.165, 1.54) is 25.3 Å². The van der Waals surface area contributed by atoms with Crippen LogP contribution in [0.1, 0.15) is 22.8 Å². The fraction of sp³-hybridized carbons (Fsp3) is 0.263. The zero-order valence-corrected chi connectivity index (χ0v) is 16.7. The molecule has 0 heterocycles. The fourth-order valence-electron chi connectivity index (χ4n) is 2.48. The van der Waals surface area contributed by atoms with Gasteiger partial charge in [0.2, 0.25) is 5.91 Å². The van der Waals surface area contributed by atoms with Gasteiger partial charge < -0.3 is 15.4 Å². The molecule has 2 amide bonds. The van der Waals surface area contributed by atoms with Gasteiger partial charge in [-0.1, -0.05) is 18.2 Å². The van der Waals surface area contributed by atoms with Gasteiger partial charge in [0.1, 0.15) is 5.75 Å². The first-order valence-electron chi connectivity index (χ1n) is 8.60. The Morgan fingerprint density at radius 1 is 1.07 bits per heavy atom. The Balaban J connectivity index is 2.26. The molecule has 0 aliphatic carbocycles. The van der Waals surface area contributed by atoms with Crippen LogP contribution in [0.15, 0.2) is 47.4 Å². The van der Waals surface area contributed by atoms with E-state index < -0.39 is 15.9 Å². The molecule has 0 fully saturated rings. The number of likely N-dealkylation sites (N-methyl/N-ethyl adjacent to an activating group) is 1. The summed E-state index contributed by atoms with van der Waals surface area (Å²) in [6.45, 7) is 3.66. The van der Waals surface area contributed by atoms with Gasteiger partial charge in [-0.05, 0) is 43.7 Å². The smallest absolute Gasteiger partial charge is 0.262 e. The molecule has 0 spiro atoms. The molecule has 0 aliphatic heterocycles. The van der Waals surface area contributed by atoms with Crippen molar-refractivity contribution in [2.24, 2.45) is 0 Å². The second-order valence-electron chi connectivity index (χ2n) is 5.92. The van der Waals surface area contributed by atoms with Crippen molar-refractivity contribution in [3.8, 4) is 5.75 Å². The van der Waals surface area contributed by atoms with Gasteiger partial charge in [-0.3, -0.25) is 14.3 Å². The summed E-state index contributed by atoms with van der Waals surface area (Å²) in [6.07, 6.45) is 0. The molecule has 2 rings (SSSR count). The third kappa shape index (κ3) is 5.23. The lowest BCUT2D eigenvalue weighted by Crippen LogP contribution is -2.36. The van der Waals surface area contributed by atoms with Gasteiger partial charge in [-0.15, -0.1) is 0 Å². The number of rotatable bonds is 8. The van der Waals surface area contributed by atoms with Crippen LogP contribution >= 0.6 is 0 Å². The zero-order valence-electron chi connectivity index (χ0n) is 15.9. The SMILES string of the molecule is CCNC(=O)CNC(=O)c1ccc(C)c(S(=O)(=O)Nc2ccccc2OC)c1. The summed E-state index contributed by atoms with van der Waals surface area (Å²) in [6, 6.07) is 10.9. The van der Waals surface area contributed by atoms with Crippen molar-refractivity contribution in [1.82, 2.24) is 10.6 Å². The minimum atomic E-state index is -3.96. The van der Waals surface area contributed by atoms with Crippen molar-refractivity contribution in [1.29, 1.82) is 0 Å². The monoisotopic (exact) mass is 405 g/mol. The summed E-state index contributed by atoms with van der Waals surface area (Å²) >= 11 is 0. The van der Waals surface area contributed by atoms with Crippen molar-refractivity contribution < 1.29 is 22.7 Å². The van der Waals surface area contributed by atoms with Crippen molar-refractivity contribution in [3.63, 3.8) is 0 Å². The lowest BCUT2D eigenvalue weighted by molar-refractivity contribution is -0.120. The summed E-state index contributed by atoms with van der Waals surface area (Å²) in [5.41, 5.74) is 0.897. The number of aryl methyl sites for hydroxylation is 1. The number of sulfonamides is 1. The summed E-state index contributed by atoms with van der Waals surface area (Å²) in [5.74, 6) is -0.492. The summed E-state index contributed by atoms with van der Waals surface area (Å²) in [4.78, 5) is 23.7. The third-order valence-corrected chi connectivity index (χ3v) is 5.38. The van der Waals surface area contributed by atoms with Crippen LogP contribution in [0.3, 0.4) is 0 Å². The minimum Gasteiger partial charge on any atom is -0.495 e. The molecule has 2 aromatic carbocycles. The van der Waals surface area contributed by atoms with E-state index in [0.29, 0.717) is 17.9 Å². The molecule has 0 saturated carbocycles. The Bertz CT molecular complexity index is 973. The second-order valence-corrected chi connectivity index (χ2v) is 7.57. The number of ether oxygens (including phenoxy) is 1. The number of hydrogen-bond acceptors (Lipinski definition) is 5. The zero-order chi connectivity index (χ0) is 20.7.